The van der Waals surface area contributed by atoms with Crippen LogP contribution in [-0.2, 0) is 20.8 Å². The molecule has 0 aliphatic heterocycles. The molecular formula is C31H53N3O6. The molecule has 9 nitrogen and oxygen atoms in total. The van der Waals surface area contributed by atoms with Crippen LogP contribution in [0.25, 0.3) is 0 Å². The van der Waals surface area contributed by atoms with E-state index in [1.54, 1.807) is 0 Å². The average molecular weight is 564 g/mol. The molecule has 0 heterocycles. The minimum absolute atomic E-state index is 0.328. The van der Waals surface area contributed by atoms with Gasteiger partial charge in [-0.1, -0.05) is 37.8 Å². The van der Waals surface area contributed by atoms with Gasteiger partial charge in [0.2, 0.25) is 0 Å². The molecule has 0 aliphatic rings. The number of rotatable bonds is 17. The number of ether oxygens (including phenoxy) is 3. The van der Waals surface area contributed by atoms with Gasteiger partial charge >= 0.3 is 18.2 Å². The maximum Gasteiger partial charge on any atom is 0.407 e. The van der Waals surface area contributed by atoms with Crippen LogP contribution in [0, 0.1) is 0 Å². The first-order chi connectivity index (χ1) is 18.8. The number of methoxy groups -OCH3 is 1. The normalized spacial score (nSPS) is 11.7. The van der Waals surface area contributed by atoms with Crippen LogP contribution in [-0.4, -0.2) is 67.5 Å². The molecule has 228 valence electrons. The molecule has 1 aromatic carbocycles. The van der Waals surface area contributed by atoms with Gasteiger partial charge in [0, 0.05) is 19.6 Å². The first kappa shape index (κ1) is 35.2. The van der Waals surface area contributed by atoms with E-state index < -0.39 is 11.2 Å². The van der Waals surface area contributed by atoms with E-state index in [-0.39, 0.29) is 18.2 Å². The topological polar surface area (TPSA) is 106 Å². The van der Waals surface area contributed by atoms with E-state index >= 15 is 0 Å². The summed E-state index contributed by atoms with van der Waals surface area (Å²) < 4.78 is 15.3. The Kier molecular flexibility index (Phi) is 16.3. The van der Waals surface area contributed by atoms with Crippen molar-refractivity contribution in [2.24, 2.45) is 0 Å². The summed E-state index contributed by atoms with van der Waals surface area (Å²) >= 11 is 0. The van der Waals surface area contributed by atoms with E-state index in [0.717, 1.165) is 76.6 Å². The number of hydrogen-bond acceptors (Lipinski definition) is 7. The molecule has 0 spiro atoms. The van der Waals surface area contributed by atoms with Crippen molar-refractivity contribution in [2.75, 3.05) is 33.3 Å². The number of carbonyl (C=O) groups excluding carboxylic acids is 3. The number of unbranched alkanes of at least 4 members (excludes halogenated alkanes) is 6. The van der Waals surface area contributed by atoms with Crippen LogP contribution in [0.1, 0.15) is 109 Å². The maximum atomic E-state index is 11.8. The molecule has 1 rings (SSSR count). The summed E-state index contributed by atoms with van der Waals surface area (Å²) in [6.07, 6.45) is 7.53. The highest BCUT2D eigenvalue weighted by molar-refractivity contribution is 5.89. The Hall–Kier alpha value is -2.81. The quantitative estimate of drug-likeness (QED) is 0.128. The monoisotopic (exact) mass is 563 g/mol. The molecule has 0 aromatic heterocycles. The van der Waals surface area contributed by atoms with Gasteiger partial charge in [-0.25, -0.2) is 14.4 Å². The lowest BCUT2D eigenvalue weighted by molar-refractivity contribution is 0.0515. The van der Waals surface area contributed by atoms with Crippen molar-refractivity contribution in [3.8, 4) is 0 Å². The van der Waals surface area contributed by atoms with Crippen molar-refractivity contribution < 1.29 is 28.6 Å². The number of esters is 1. The number of benzene rings is 1. The van der Waals surface area contributed by atoms with Crippen LogP contribution in [0.4, 0.5) is 9.59 Å². The van der Waals surface area contributed by atoms with Gasteiger partial charge in [-0.2, -0.15) is 0 Å². The lowest BCUT2D eigenvalue weighted by Crippen LogP contribution is -2.33. The highest BCUT2D eigenvalue weighted by Crippen LogP contribution is 2.13. The Balaban J connectivity index is 2.41. The largest absolute Gasteiger partial charge is 0.465 e. The molecule has 0 atom stereocenters. The third kappa shape index (κ3) is 18.5. The molecule has 0 fully saturated rings. The second-order valence-corrected chi connectivity index (χ2v) is 12.2. The fraction of sp³-hybridized carbons (Fsp3) is 0.710. The Morgan fingerprint density at radius 3 is 1.50 bits per heavy atom. The van der Waals surface area contributed by atoms with Gasteiger partial charge in [-0.3, -0.25) is 4.90 Å². The molecule has 2 N–H and O–H groups in total. The van der Waals surface area contributed by atoms with Gasteiger partial charge in [0.05, 0.1) is 12.7 Å². The van der Waals surface area contributed by atoms with Crippen molar-refractivity contribution in [1.29, 1.82) is 0 Å². The number of nitrogens with one attached hydrogen (secondary N) is 2. The third-order valence-electron chi connectivity index (χ3n) is 5.92. The van der Waals surface area contributed by atoms with E-state index in [9.17, 15) is 14.4 Å². The van der Waals surface area contributed by atoms with Crippen LogP contribution in [0.15, 0.2) is 24.3 Å². The van der Waals surface area contributed by atoms with Crippen LogP contribution >= 0.6 is 0 Å². The van der Waals surface area contributed by atoms with Crippen LogP contribution in [0.2, 0.25) is 0 Å². The van der Waals surface area contributed by atoms with Gasteiger partial charge in [0.25, 0.3) is 0 Å². The second kappa shape index (κ2) is 18.5. The summed E-state index contributed by atoms with van der Waals surface area (Å²) in [5.41, 5.74) is 0.752. The average Bonchev–Trinajstić information content (AvgIpc) is 2.85. The zero-order valence-electron chi connectivity index (χ0n) is 25.9. The third-order valence-corrected chi connectivity index (χ3v) is 5.92. The predicted molar refractivity (Wildman–Crippen MR) is 158 cm³/mol. The first-order valence-corrected chi connectivity index (χ1v) is 14.6. The lowest BCUT2D eigenvalue weighted by Gasteiger charge is -2.23. The zero-order valence-corrected chi connectivity index (χ0v) is 25.9. The summed E-state index contributed by atoms with van der Waals surface area (Å²) in [5.74, 6) is -0.328. The van der Waals surface area contributed by atoms with Crippen LogP contribution in [0.3, 0.4) is 0 Å². The van der Waals surface area contributed by atoms with E-state index in [1.165, 1.54) is 7.11 Å². The first-order valence-electron chi connectivity index (χ1n) is 14.6. The molecule has 40 heavy (non-hydrogen) atoms. The highest BCUT2D eigenvalue weighted by atomic mass is 16.6. The van der Waals surface area contributed by atoms with E-state index in [1.807, 2.05) is 65.8 Å². The molecule has 0 saturated carbocycles. The van der Waals surface area contributed by atoms with Crippen LogP contribution in [0.5, 0.6) is 0 Å². The maximum absolute atomic E-state index is 11.8. The number of nitrogens with zero attached hydrogens (tertiary/aromatic N) is 1. The fourth-order valence-corrected chi connectivity index (χ4v) is 4.03. The predicted octanol–water partition coefficient (Wildman–Crippen LogP) is 6.45. The Morgan fingerprint density at radius 1 is 0.675 bits per heavy atom. The summed E-state index contributed by atoms with van der Waals surface area (Å²) in [5, 5.41) is 5.64. The van der Waals surface area contributed by atoms with Crippen molar-refractivity contribution >= 4 is 18.2 Å². The van der Waals surface area contributed by atoms with Crippen LogP contribution < -0.4 is 10.6 Å². The Morgan fingerprint density at radius 2 is 1.10 bits per heavy atom. The minimum Gasteiger partial charge on any atom is -0.465 e. The smallest absolute Gasteiger partial charge is 0.407 e. The summed E-state index contributed by atoms with van der Waals surface area (Å²) in [6, 6.07) is 7.61. The second-order valence-electron chi connectivity index (χ2n) is 12.2. The molecule has 0 radical (unpaired) electrons. The summed E-state index contributed by atoms with van der Waals surface area (Å²) in [7, 11) is 1.39. The van der Waals surface area contributed by atoms with Gasteiger partial charge in [-0.15, -0.1) is 0 Å². The van der Waals surface area contributed by atoms with Crippen molar-refractivity contribution in [3.05, 3.63) is 35.4 Å². The van der Waals surface area contributed by atoms with Crippen molar-refractivity contribution in [2.45, 2.75) is 111 Å². The van der Waals surface area contributed by atoms with Gasteiger partial charge in [0.1, 0.15) is 11.2 Å². The molecule has 2 amide bonds. The standard InChI is InChI=1S/C31H53N3O6/c1-30(2,3)39-28(36)32-20-12-8-10-14-22-34(24-25-16-18-26(19-17-25)27(35)38-7)23-15-11-9-13-21-33-29(37)40-31(4,5)6/h16-19H,8-15,20-24H2,1-7H3,(H,32,36)(H,33,37). The summed E-state index contributed by atoms with van der Waals surface area (Å²) in [4.78, 5) is 37.7. The SMILES string of the molecule is COC(=O)c1ccc(CN(CCCCCCNC(=O)OC(C)(C)C)CCCCCCNC(=O)OC(C)(C)C)cc1. The van der Waals surface area contributed by atoms with Gasteiger partial charge in [0.15, 0.2) is 0 Å². The molecule has 9 heteroatoms. The number of amides is 2. The molecule has 0 bridgehead atoms. The lowest BCUT2D eigenvalue weighted by atomic mass is 10.1. The number of alkyl carbamates (subject to hydrolysis) is 2. The molecule has 0 unspecified atom stereocenters. The molecular weight excluding hydrogens is 510 g/mol. The number of hydrogen-bond donors (Lipinski definition) is 2. The number of carbonyl (C=O) groups is 3. The van der Waals surface area contributed by atoms with Gasteiger partial charge in [-0.05, 0) is 98.0 Å². The molecule has 0 saturated heterocycles. The zero-order chi connectivity index (χ0) is 30.0. The molecule has 1 aromatic rings. The van der Waals surface area contributed by atoms with E-state index in [0.29, 0.717) is 18.7 Å². The van der Waals surface area contributed by atoms with Gasteiger partial charge < -0.3 is 24.8 Å². The fourth-order valence-electron chi connectivity index (χ4n) is 4.03. The van der Waals surface area contributed by atoms with E-state index in [4.69, 9.17) is 14.2 Å². The van der Waals surface area contributed by atoms with Crippen molar-refractivity contribution in [1.82, 2.24) is 15.5 Å². The minimum atomic E-state index is -0.482. The highest BCUT2D eigenvalue weighted by Gasteiger charge is 2.16. The Labute approximate surface area is 241 Å². The van der Waals surface area contributed by atoms with Crippen molar-refractivity contribution in [3.63, 3.8) is 0 Å². The van der Waals surface area contributed by atoms with E-state index in [2.05, 4.69) is 15.5 Å². The molecule has 0 aliphatic carbocycles. The summed E-state index contributed by atoms with van der Waals surface area (Å²) in [6.45, 7) is 15.2. The Bertz CT molecular complexity index is 833.